The van der Waals surface area contributed by atoms with Crippen molar-refractivity contribution in [2.24, 2.45) is 11.8 Å². The second-order valence-corrected chi connectivity index (χ2v) is 5.44. The third-order valence-corrected chi connectivity index (χ3v) is 4.01. The fraction of sp³-hybridized carbons (Fsp3) is 0.333. The minimum absolute atomic E-state index is 0.655. The van der Waals surface area contributed by atoms with Gasteiger partial charge in [-0.2, -0.15) is 0 Å². The van der Waals surface area contributed by atoms with Gasteiger partial charge >= 0.3 is 0 Å². The van der Waals surface area contributed by atoms with Crippen LogP contribution in [0.4, 0.5) is 0 Å². The van der Waals surface area contributed by atoms with E-state index in [1.54, 1.807) is 0 Å². The van der Waals surface area contributed by atoms with E-state index in [1.165, 1.54) is 11.1 Å². The Bertz CT molecular complexity index is 444. The van der Waals surface area contributed by atoms with Gasteiger partial charge < -0.3 is 4.74 Å². The summed E-state index contributed by atoms with van der Waals surface area (Å²) in [6.45, 7) is 1.82. The summed E-state index contributed by atoms with van der Waals surface area (Å²) in [6.07, 6.45) is 2.27. The lowest BCUT2D eigenvalue weighted by Gasteiger charge is -2.17. The molecule has 0 saturated carbocycles. The predicted octanol–water partition coefficient (Wildman–Crippen LogP) is 3.73. The zero-order chi connectivity index (χ0) is 12.9. The third kappa shape index (κ3) is 3.24. The van der Waals surface area contributed by atoms with Crippen LogP contribution < -0.4 is 0 Å². The van der Waals surface area contributed by atoms with Crippen molar-refractivity contribution < 1.29 is 4.74 Å². The Morgan fingerprint density at radius 2 is 1.11 bits per heavy atom. The summed E-state index contributed by atoms with van der Waals surface area (Å²) in [7, 11) is 0. The Balaban J connectivity index is 1.65. The van der Waals surface area contributed by atoms with Gasteiger partial charge in [-0.1, -0.05) is 60.7 Å². The second-order valence-electron chi connectivity index (χ2n) is 5.44. The number of hydrogen-bond donors (Lipinski definition) is 0. The minimum atomic E-state index is 0.655. The van der Waals surface area contributed by atoms with Crippen molar-refractivity contribution in [1.82, 2.24) is 0 Å². The number of rotatable bonds is 4. The number of ether oxygens (including phenoxy) is 1. The largest absolute Gasteiger partial charge is 0.381 e. The highest BCUT2D eigenvalue weighted by Crippen LogP contribution is 2.27. The average Bonchev–Trinajstić information content (AvgIpc) is 2.88. The quantitative estimate of drug-likeness (QED) is 0.805. The molecule has 1 nitrogen and oxygen atoms in total. The van der Waals surface area contributed by atoms with Gasteiger partial charge in [-0.15, -0.1) is 0 Å². The van der Waals surface area contributed by atoms with Crippen LogP contribution in [0.25, 0.3) is 0 Å². The van der Waals surface area contributed by atoms with Gasteiger partial charge in [0.05, 0.1) is 13.2 Å². The van der Waals surface area contributed by atoms with Crippen molar-refractivity contribution in [1.29, 1.82) is 0 Å². The van der Waals surface area contributed by atoms with E-state index >= 15 is 0 Å². The van der Waals surface area contributed by atoms with Gasteiger partial charge in [0.1, 0.15) is 0 Å². The van der Waals surface area contributed by atoms with Gasteiger partial charge in [0.2, 0.25) is 0 Å². The van der Waals surface area contributed by atoms with E-state index in [0.717, 1.165) is 26.1 Å². The van der Waals surface area contributed by atoms with Gasteiger partial charge in [0, 0.05) is 0 Å². The van der Waals surface area contributed by atoms with Crippen LogP contribution in [0.3, 0.4) is 0 Å². The Morgan fingerprint density at radius 1 is 0.684 bits per heavy atom. The molecule has 0 aliphatic carbocycles. The summed E-state index contributed by atoms with van der Waals surface area (Å²) in [4.78, 5) is 0. The van der Waals surface area contributed by atoms with Crippen molar-refractivity contribution in [3.05, 3.63) is 71.8 Å². The van der Waals surface area contributed by atoms with Crippen molar-refractivity contribution in [2.45, 2.75) is 12.8 Å². The summed E-state index contributed by atoms with van der Waals surface area (Å²) in [5, 5.41) is 0. The van der Waals surface area contributed by atoms with Crippen molar-refractivity contribution in [2.75, 3.05) is 13.2 Å². The minimum Gasteiger partial charge on any atom is -0.381 e. The molecule has 2 aromatic rings. The molecule has 19 heavy (non-hydrogen) atoms. The lowest BCUT2D eigenvalue weighted by atomic mass is 9.85. The van der Waals surface area contributed by atoms with Crippen LogP contribution in [0.1, 0.15) is 11.1 Å². The molecular weight excluding hydrogens is 232 g/mol. The molecule has 1 fully saturated rings. The van der Waals surface area contributed by atoms with Gasteiger partial charge in [0.25, 0.3) is 0 Å². The molecule has 0 N–H and O–H groups in total. The molecule has 0 unspecified atom stereocenters. The molecule has 2 aromatic carbocycles. The van der Waals surface area contributed by atoms with E-state index in [-0.39, 0.29) is 0 Å². The first-order valence-electron chi connectivity index (χ1n) is 7.07. The maximum absolute atomic E-state index is 5.71. The van der Waals surface area contributed by atoms with Gasteiger partial charge in [0.15, 0.2) is 0 Å². The van der Waals surface area contributed by atoms with E-state index in [2.05, 4.69) is 60.7 Å². The average molecular weight is 252 g/mol. The summed E-state index contributed by atoms with van der Waals surface area (Å²) >= 11 is 0. The van der Waals surface area contributed by atoms with Crippen LogP contribution in [-0.4, -0.2) is 13.2 Å². The fourth-order valence-corrected chi connectivity index (χ4v) is 2.93. The van der Waals surface area contributed by atoms with Crippen molar-refractivity contribution in [3.8, 4) is 0 Å². The summed E-state index contributed by atoms with van der Waals surface area (Å²) < 4.78 is 5.71. The predicted molar refractivity (Wildman–Crippen MR) is 78.1 cm³/mol. The Kier molecular flexibility index (Phi) is 3.95. The molecule has 1 heteroatoms. The molecule has 1 saturated heterocycles. The summed E-state index contributed by atoms with van der Waals surface area (Å²) in [5.41, 5.74) is 2.85. The topological polar surface area (TPSA) is 9.23 Å². The highest BCUT2D eigenvalue weighted by Gasteiger charge is 2.28. The Morgan fingerprint density at radius 3 is 1.53 bits per heavy atom. The monoisotopic (exact) mass is 252 g/mol. The molecule has 2 atom stereocenters. The van der Waals surface area contributed by atoms with Crippen LogP contribution in [0.5, 0.6) is 0 Å². The molecule has 0 spiro atoms. The van der Waals surface area contributed by atoms with Gasteiger partial charge in [-0.25, -0.2) is 0 Å². The van der Waals surface area contributed by atoms with E-state index in [0.29, 0.717) is 11.8 Å². The molecule has 1 aliphatic rings. The maximum atomic E-state index is 5.71. The molecule has 1 aliphatic heterocycles. The van der Waals surface area contributed by atoms with E-state index in [9.17, 15) is 0 Å². The zero-order valence-corrected chi connectivity index (χ0v) is 11.2. The van der Waals surface area contributed by atoms with Crippen LogP contribution in [0, 0.1) is 11.8 Å². The molecular formula is C18H20O. The third-order valence-electron chi connectivity index (χ3n) is 4.01. The first kappa shape index (κ1) is 12.4. The van der Waals surface area contributed by atoms with Crippen molar-refractivity contribution in [3.63, 3.8) is 0 Å². The number of benzene rings is 2. The highest BCUT2D eigenvalue weighted by atomic mass is 16.5. The van der Waals surface area contributed by atoms with E-state index in [4.69, 9.17) is 4.74 Å². The molecule has 0 radical (unpaired) electrons. The van der Waals surface area contributed by atoms with Crippen LogP contribution in [-0.2, 0) is 17.6 Å². The molecule has 0 aromatic heterocycles. The standard InChI is InChI=1S/C18H20O/c1-3-7-15(8-4-1)11-17-13-19-14-18(17)12-16-9-5-2-6-10-16/h1-10,17-18H,11-14H2/t17-,18-/m1/s1. The van der Waals surface area contributed by atoms with E-state index in [1.807, 2.05) is 0 Å². The SMILES string of the molecule is c1ccc(C[C@@H]2COC[C@H]2Cc2ccccc2)cc1. The van der Waals surface area contributed by atoms with Gasteiger partial charge in [-0.3, -0.25) is 0 Å². The molecule has 3 rings (SSSR count). The highest BCUT2D eigenvalue weighted by molar-refractivity contribution is 5.18. The Hall–Kier alpha value is -1.60. The summed E-state index contributed by atoms with van der Waals surface area (Å²) in [5.74, 6) is 1.31. The summed E-state index contributed by atoms with van der Waals surface area (Å²) in [6, 6.07) is 21.5. The first-order chi connectivity index (χ1) is 9.42. The number of hydrogen-bond acceptors (Lipinski definition) is 1. The fourth-order valence-electron chi connectivity index (χ4n) is 2.93. The zero-order valence-electron chi connectivity index (χ0n) is 11.2. The van der Waals surface area contributed by atoms with Crippen LogP contribution in [0.2, 0.25) is 0 Å². The molecule has 1 heterocycles. The Labute approximate surface area is 115 Å². The van der Waals surface area contributed by atoms with E-state index < -0.39 is 0 Å². The molecule has 0 amide bonds. The van der Waals surface area contributed by atoms with Crippen molar-refractivity contribution >= 4 is 0 Å². The maximum Gasteiger partial charge on any atom is 0.0501 e. The first-order valence-corrected chi connectivity index (χ1v) is 7.07. The van der Waals surface area contributed by atoms with Crippen LogP contribution in [0.15, 0.2) is 60.7 Å². The lowest BCUT2D eigenvalue weighted by molar-refractivity contribution is 0.180. The van der Waals surface area contributed by atoms with Gasteiger partial charge in [-0.05, 0) is 35.8 Å². The smallest absolute Gasteiger partial charge is 0.0501 e. The molecule has 98 valence electrons. The second kappa shape index (κ2) is 6.03. The lowest BCUT2D eigenvalue weighted by Crippen LogP contribution is -2.17. The molecule has 0 bridgehead atoms. The van der Waals surface area contributed by atoms with Crippen LogP contribution >= 0.6 is 0 Å². The normalized spacial score (nSPS) is 22.5.